The van der Waals surface area contributed by atoms with Gasteiger partial charge in [0.1, 0.15) is 23.7 Å². The Morgan fingerprint density at radius 2 is 1.84 bits per heavy atom. The van der Waals surface area contributed by atoms with E-state index in [-0.39, 0.29) is 30.2 Å². The Balaban J connectivity index is 1.74. The van der Waals surface area contributed by atoms with Crippen molar-refractivity contribution >= 4 is 28.5 Å². The lowest BCUT2D eigenvalue weighted by molar-refractivity contribution is -0.122. The van der Waals surface area contributed by atoms with Crippen LogP contribution in [0.25, 0.3) is 10.9 Å². The van der Waals surface area contributed by atoms with Gasteiger partial charge >= 0.3 is 5.97 Å². The summed E-state index contributed by atoms with van der Waals surface area (Å²) >= 11 is 0. The second-order valence-electron chi connectivity index (χ2n) is 8.19. The molecule has 1 heterocycles. The third-order valence-corrected chi connectivity index (χ3v) is 5.00. The third-order valence-electron chi connectivity index (χ3n) is 5.00. The third kappa shape index (κ3) is 5.08. The average molecular weight is 437 g/mol. The molecule has 0 bridgehead atoms. The van der Waals surface area contributed by atoms with E-state index in [1.807, 2.05) is 38.1 Å². The number of rotatable bonds is 8. The highest BCUT2D eigenvalue weighted by Crippen LogP contribution is 2.33. The van der Waals surface area contributed by atoms with Crippen LogP contribution in [-0.4, -0.2) is 41.2 Å². The summed E-state index contributed by atoms with van der Waals surface area (Å²) in [5, 5.41) is 12.9. The van der Waals surface area contributed by atoms with Crippen LogP contribution in [0.2, 0.25) is 0 Å². The Labute approximate surface area is 186 Å². The molecule has 0 aliphatic rings. The molecule has 0 saturated carbocycles. The summed E-state index contributed by atoms with van der Waals surface area (Å²) in [5.74, 6) is -0.151. The van der Waals surface area contributed by atoms with Crippen molar-refractivity contribution < 1.29 is 24.2 Å². The molecule has 0 aliphatic heterocycles. The maximum Gasteiger partial charge on any atom is 0.339 e. The summed E-state index contributed by atoms with van der Waals surface area (Å²) in [5.41, 5.74) is 7.30. The van der Waals surface area contributed by atoms with Crippen molar-refractivity contribution in [2.24, 2.45) is 0 Å². The normalized spacial score (nSPS) is 11.2. The summed E-state index contributed by atoms with van der Waals surface area (Å²) < 4.78 is 11.1. The number of methoxy groups -OCH3 is 1. The lowest BCUT2D eigenvalue weighted by Gasteiger charge is -2.27. The lowest BCUT2D eigenvalue weighted by Crippen LogP contribution is -2.48. The van der Waals surface area contributed by atoms with Crippen molar-refractivity contribution in [3.8, 4) is 11.5 Å². The molecule has 0 saturated heterocycles. The van der Waals surface area contributed by atoms with Gasteiger partial charge in [-0.2, -0.15) is 0 Å². The molecule has 8 nitrogen and oxygen atoms in total. The number of amides is 1. The van der Waals surface area contributed by atoms with Crippen LogP contribution >= 0.6 is 0 Å². The molecule has 168 valence electrons. The van der Waals surface area contributed by atoms with Crippen molar-refractivity contribution in [3.63, 3.8) is 0 Å². The van der Waals surface area contributed by atoms with E-state index in [0.717, 1.165) is 11.3 Å². The Bertz CT molecular complexity index is 1160. The fourth-order valence-electron chi connectivity index (χ4n) is 3.47. The number of nitrogens with two attached hydrogens (primary N) is 1. The molecule has 0 spiro atoms. The topological polar surface area (TPSA) is 124 Å². The van der Waals surface area contributed by atoms with Gasteiger partial charge in [-0.05, 0) is 50.6 Å². The van der Waals surface area contributed by atoms with E-state index < -0.39 is 11.5 Å². The van der Waals surface area contributed by atoms with Gasteiger partial charge in [-0.15, -0.1) is 0 Å². The van der Waals surface area contributed by atoms with Gasteiger partial charge in [0.15, 0.2) is 0 Å². The van der Waals surface area contributed by atoms with E-state index in [9.17, 15) is 14.7 Å². The summed E-state index contributed by atoms with van der Waals surface area (Å²) in [6.07, 6.45) is 0.222. The monoisotopic (exact) mass is 437 g/mol. The van der Waals surface area contributed by atoms with Gasteiger partial charge in [0, 0.05) is 0 Å². The van der Waals surface area contributed by atoms with Crippen LogP contribution in [0.15, 0.2) is 42.5 Å². The number of nitrogens with zero attached hydrogens (tertiary/aromatic N) is 1. The van der Waals surface area contributed by atoms with Crippen LogP contribution in [0, 0.1) is 6.92 Å². The number of carboxylic acid groups (broad SMARTS) is 1. The number of carbonyl (C=O) groups excluding carboxylic acids is 1. The minimum Gasteiger partial charge on any atom is -0.497 e. The van der Waals surface area contributed by atoms with E-state index in [1.54, 1.807) is 32.2 Å². The molecule has 4 N–H and O–H groups in total. The number of hydrogen-bond donors (Lipinski definition) is 3. The fourth-order valence-corrected chi connectivity index (χ4v) is 3.47. The maximum absolute atomic E-state index is 12.5. The molecule has 32 heavy (non-hydrogen) atoms. The van der Waals surface area contributed by atoms with Crippen LogP contribution in [0.1, 0.15) is 35.5 Å². The number of nitrogens with one attached hydrogen (secondary N) is 1. The minimum atomic E-state index is -1.14. The first-order chi connectivity index (χ1) is 15.1. The summed E-state index contributed by atoms with van der Waals surface area (Å²) in [6, 6.07) is 12.5. The standard InChI is InChI=1S/C24H27N3O5/c1-14-20(23(29)30)22(25)21-17(26-14)6-5-7-18(21)32-13-24(2,3)27-19(28)12-15-8-10-16(31-4)11-9-15/h5-11H,12-13H2,1-4H3,(H2,25,26)(H,27,28)(H,29,30). The van der Waals surface area contributed by atoms with Crippen LogP contribution in [-0.2, 0) is 11.2 Å². The van der Waals surface area contributed by atoms with Crippen LogP contribution < -0.4 is 20.5 Å². The number of carboxylic acids is 1. The molecule has 0 aliphatic carbocycles. The molecule has 0 radical (unpaired) electrons. The van der Waals surface area contributed by atoms with E-state index in [0.29, 0.717) is 22.3 Å². The molecular weight excluding hydrogens is 410 g/mol. The number of aryl methyl sites for hydroxylation is 1. The Hall–Kier alpha value is -3.81. The van der Waals surface area contributed by atoms with E-state index >= 15 is 0 Å². The molecule has 3 aromatic rings. The highest BCUT2D eigenvalue weighted by Gasteiger charge is 2.24. The number of hydrogen-bond acceptors (Lipinski definition) is 6. The number of ether oxygens (including phenoxy) is 2. The highest BCUT2D eigenvalue weighted by atomic mass is 16.5. The molecule has 0 atom stereocenters. The Morgan fingerprint density at radius 3 is 2.47 bits per heavy atom. The number of aromatic carboxylic acids is 1. The second kappa shape index (κ2) is 9.13. The van der Waals surface area contributed by atoms with Crippen LogP contribution in [0.4, 0.5) is 5.69 Å². The van der Waals surface area contributed by atoms with E-state index in [2.05, 4.69) is 10.3 Å². The van der Waals surface area contributed by atoms with Crippen molar-refractivity contribution in [3.05, 3.63) is 59.3 Å². The number of anilines is 1. The Morgan fingerprint density at radius 1 is 1.16 bits per heavy atom. The molecule has 2 aromatic carbocycles. The van der Waals surface area contributed by atoms with Gasteiger partial charge in [0.05, 0.1) is 41.4 Å². The number of aromatic nitrogens is 1. The lowest BCUT2D eigenvalue weighted by atomic mass is 10.0. The number of pyridine rings is 1. The largest absolute Gasteiger partial charge is 0.497 e. The first-order valence-corrected chi connectivity index (χ1v) is 10.1. The highest BCUT2D eigenvalue weighted by molar-refractivity contribution is 6.06. The first kappa shape index (κ1) is 22.9. The number of nitrogen functional groups attached to an aromatic ring is 1. The number of fused-ring (bicyclic) bond motifs is 1. The average Bonchev–Trinajstić information content (AvgIpc) is 2.71. The van der Waals surface area contributed by atoms with Gasteiger partial charge in [0.2, 0.25) is 5.91 Å². The van der Waals surface area contributed by atoms with Gasteiger partial charge in [-0.25, -0.2) is 4.79 Å². The molecule has 3 rings (SSSR count). The summed E-state index contributed by atoms with van der Waals surface area (Å²) in [4.78, 5) is 28.5. The first-order valence-electron chi connectivity index (χ1n) is 10.1. The molecular formula is C24H27N3O5. The van der Waals surface area contributed by atoms with Gasteiger partial charge in [-0.1, -0.05) is 18.2 Å². The summed E-state index contributed by atoms with van der Waals surface area (Å²) in [7, 11) is 1.59. The maximum atomic E-state index is 12.5. The summed E-state index contributed by atoms with van der Waals surface area (Å²) in [6.45, 7) is 5.45. The number of benzene rings is 2. The minimum absolute atomic E-state index is 0.0411. The van der Waals surface area contributed by atoms with E-state index in [1.165, 1.54) is 0 Å². The SMILES string of the molecule is COc1ccc(CC(=O)NC(C)(C)COc2cccc3nc(C)c(C(=O)O)c(N)c23)cc1. The Kier molecular flexibility index (Phi) is 6.53. The van der Waals surface area contributed by atoms with Gasteiger partial charge in [0.25, 0.3) is 0 Å². The smallest absolute Gasteiger partial charge is 0.339 e. The van der Waals surface area contributed by atoms with Crippen LogP contribution in [0.3, 0.4) is 0 Å². The zero-order chi connectivity index (χ0) is 23.5. The molecule has 8 heteroatoms. The van der Waals surface area contributed by atoms with Gasteiger partial charge in [-0.3, -0.25) is 9.78 Å². The number of carbonyl (C=O) groups is 2. The van der Waals surface area contributed by atoms with Crippen LogP contribution in [0.5, 0.6) is 11.5 Å². The second-order valence-corrected chi connectivity index (χ2v) is 8.19. The fraction of sp³-hybridized carbons (Fsp3) is 0.292. The van der Waals surface area contributed by atoms with Crippen molar-refractivity contribution in [1.29, 1.82) is 0 Å². The van der Waals surface area contributed by atoms with Crippen molar-refractivity contribution in [1.82, 2.24) is 10.3 Å². The molecule has 0 fully saturated rings. The van der Waals surface area contributed by atoms with Crippen molar-refractivity contribution in [2.75, 3.05) is 19.5 Å². The molecule has 1 amide bonds. The predicted molar refractivity (Wildman–Crippen MR) is 122 cm³/mol. The van der Waals surface area contributed by atoms with Crippen molar-refractivity contribution in [2.45, 2.75) is 32.7 Å². The van der Waals surface area contributed by atoms with Gasteiger partial charge < -0.3 is 25.6 Å². The molecule has 0 unspecified atom stereocenters. The van der Waals surface area contributed by atoms with E-state index in [4.69, 9.17) is 15.2 Å². The quantitative estimate of drug-likeness (QED) is 0.494. The zero-order valence-electron chi connectivity index (χ0n) is 18.6. The predicted octanol–water partition coefficient (Wildman–Crippen LogP) is 3.35. The molecule has 1 aromatic heterocycles. The zero-order valence-corrected chi connectivity index (χ0v) is 18.6.